The molecule has 2 saturated heterocycles. The fourth-order valence-corrected chi connectivity index (χ4v) is 5.98. The third-order valence-corrected chi connectivity index (χ3v) is 8.07. The summed E-state index contributed by atoms with van der Waals surface area (Å²) in [4.78, 5) is 33.3. The predicted molar refractivity (Wildman–Crippen MR) is 153 cm³/mol. The van der Waals surface area contributed by atoms with Gasteiger partial charge in [-0.15, -0.1) is 0 Å². The smallest absolute Gasteiger partial charge is 0.252 e. The Balaban J connectivity index is 1.48. The van der Waals surface area contributed by atoms with Crippen molar-refractivity contribution in [2.45, 2.75) is 53.1 Å². The van der Waals surface area contributed by atoms with Crippen LogP contribution in [0.5, 0.6) is 0 Å². The molecule has 0 aliphatic carbocycles. The third-order valence-electron chi connectivity index (χ3n) is 8.07. The van der Waals surface area contributed by atoms with Gasteiger partial charge in [-0.3, -0.25) is 9.59 Å². The van der Waals surface area contributed by atoms with E-state index in [0.29, 0.717) is 12.1 Å². The molecule has 2 aromatic heterocycles. The summed E-state index contributed by atoms with van der Waals surface area (Å²) in [6.07, 6.45) is 4.95. The number of carbonyl (C=O) groups excluding carboxylic acids is 2. The van der Waals surface area contributed by atoms with Crippen molar-refractivity contribution in [2.75, 3.05) is 37.6 Å². The van der Waals surface area contributed by atoms with E-state index in [1.165, 1.54) is 0 Å². The Kier molecular flexibility index (Phi) is 7.43. The number of benzene rings is 1. The van der Waals surface area contributed by atoms with Crippen LogP contribution in [0, 0.1) is 18.8 Å². The molecular formula is C30H40N6O2. The van der Waals surface area contributed by atoms with Crippen molar-refractivity contribution in [3.05, 3.63) is 47.8 Å². The Bertz CT molecular complexity index is 1320. The molecule has 38 heavy (non-hydrogen) atoms. The normalized spacial score (nSPS) is 22.1. The Morgan fingerprint density at radius 1 is 1.16 bits per heavy atom. The molecule has 3 N–H and O–H groups in total. The first-order chi connectivity index (χ1) is 18.2. The second-order valence-electron chi connectivity index (χ2n) is 11.3. The molecule has 8 nitrogen and oxygen atoms in total. The highest BCUT2D eigenvalue weighted by atomic mass is 16.2. The summed E-state index contributed by atoms with van der Waals surface area (Å²) in [5.41, 5.74) is 4.67. The fraction of sp³-hybridized carbons (Fsp3) is 0.500. The minimum atomic E-state index is -0.225. The summed E-state index contributed by atoms with van der Waals surface area (Å²) in [5, 5.41) is 10.5. The van der Waals surface area contributed by atoms with Crippen molar-refractivity contribution in [3.63, 3.8) is 0 Å². The number of carbonyl (C=O) groups is 2. The van der Waals surface area contributed by atoms with Gasteiger partial charge in [0.15, 0.2) is 0 Å². The van der Waals surface area contributed by atoms with E-state index in [0.717, 1.165) is 66.0 Å². The number of aromatic nitrogens is 2. The van der Waals surface area contributed by atoms with Crippen molar-refractivity contribution in [3.8, 4) is 11.1 Å². The molecule has 0 spiro atoms. The number of hydrogen-bond donors (Lipinski definition) is 3. The molecule has 0 radical (unpaired) electrons. The lowest BCUT2D eigenvalue weighted by atomic mass is 9.84. The van der Waals surface area contributed by atoms with Crippen LogP contribution in [-0.4, -0.2) is 60.1 Å². The SMILES string of the molecule is Cc1cn(C(C)C)c2cc(-c3ccc(N4CCNCC4)nc3)cc(C(=O)NCC3C(=O)NC(C)CC3C)c12. The highest BCUT2D eigenvalue weighted by Gasteiger charge is 2.32. The average molecular weight is 517 g/mol. The number of anilines is 1. The monoisotopic (exact) mass is 516 g/mol. The Morgan fingerprint density at radius 2 is 1.92 bits per heavy atom. The zero-order valence-corrected chi connectivity index (χ0v) is 23.2. The highest BCUT2D eigenvalue weighted by Crippen LogP contribution is 2.33. The molecule has 202 valence electrons. The molecule has 1 aromatic carbocycles. The number of aryl methyl sites for hydroxylation is 1. The lowest BCUT2D eigenvalue weighted by molar-refractivity contribution is -0.129. The number of amides is 2. The minimum absolute atomic E-state index is 0.0215. The topological polar surface area (TPSA) is 91.3 Å². The maximum absolute atomic E-state index is 13.7. The molecule has 4 heterocycles. The highest BCUT2D eigenvalue weighted by molar-refractivity contribution is 6.09. The van der Waals surface area contributed by atoms with Crippen LogP contribution in [0.1, 0.15) is 56.1 Å². The lowest BCUT2D eigenvalue weighted by Crippen LogP contribution is -2.50. The van der Waals surface area contributed by atoms with E-state index in [1.54, 1.807) is 0 Å². The molecule has 2 amide bonds. The summed E-state index contributed by atoms with van der Waals surface area (Å²) in [6, 6.07) is 8.73. The van der Waals surface area contributed by atoms with Crippen LogP contribution in [0.2, 0.25) is 0 Å². The molecular weight excluding hydrogens is 476 g/mol. The predicted octanol–water partition coefficient (Wildman–Crippen LogP) is 3.89. The Hall–Kier alpha value is -3.39. The molecule has 0 saturated carbocycles. The average Bonchev–Trinajstić information content (AvgIpc) is 3.24. The van der Waals surface area contributed by atoms with Gasteiger partial charge in [-0.1, -0.05) is 6.92 Å². The first-order valence-corrected chi connectivity index (χ1v) is 13.9. The van der Waals surface area contributed by atoms with Crippen molar-refractivity contribution in [1.82, 2.24) is 25.5 Å². The van der Waals surface area contributed by atoms with Gasteiger partial charge in [-0.2, -0.15) is 0 Å². The van der Waals surface area contributed by atoms with Crippen molar-refractivity contribution in [2.24, 2.45) is 11.8 Å². The number of pyridine rings is 1. The van der Waals surface area contributed by atoms with Crippen LogP contribution in [0.15, 0.2) is 36.7 Å². The minimum Gasteiger partial charge on any atom is -0.354 e. The van der Waals surface area contributed by atoms with Gasteiger partial charge in [0.2, 0.25) is 5.91 Å². The van der Waals surface area contributed by atoms with E-state index in [-0.39, 0.29) is 35.7 Å². The molecule has 8 heteroatoms. The van der Waals surface area contributed by atoms with Crippen LogP contribution in [0.25, 0.3) is 22.0 Å². The van der Waals surface area contributed by atoms with Crippen molar-refractivity contribution in [1.29, 1.82) is 0 Å². The molecule has 3 aromatic rings. The number of piperazine rings is 1. The van der Waals surface area contributed by atoms with Gasteiger partial charge < -0.3 is 25.4 Å². The lowest BCUT2D eigenvalue weighted by Gasteiger charge is -2.32. The maximum Gasteiger partial charge on any atom is 0.252 e. The Morgan fingerprint density at radius 3 is 2.58 bits per heavy atom. The van der Waals surface area contributed by atoms with Crippen LogP contribution in [-0.2, 0) is 4.79 Å². The second kappa shape index (κ2) is 10.8. The molecule has 0 bridgehead atoms. The van der Waals surface area contributed by atoms with Gasteiger partial charge >= 0.3 is 0 Å². The zero-order valence-electron chi connectivity index (χ0n) is 23.2. The number of fused-ring (bicyclic) bond motifs is 1. The van der Waals surface area contributed by atoms with Gasteiger partial charge in [0, 0.05) is 79.2 Å². The summed E-state index contributed by atoms with van der Waals surface area (Å²) < 4.78 is 2.23. The van der Waals surface area contributed by atoms with E-state index in [2.05, 4.69) is 77.5 Å². The van der Waals surface area contributed by atoms with E-state index in [4.69, 9.17) is 4.98 Å². The van der Waals surface area contributed by atoms with Crippen molar-refractivity contribution >= 4 is 28.5 Å². The van der Waals surface area contributed by atoms with Gasteiger partial charge in [-0.25, -0.2) is 4.98 Å². The van der Waals surface area contributed by atoms with Crippen LogP contribution in [0.3, 0.4) is 0 Å². The van der Waals surface area contributed by atoms with E-state index in [9.17, 15) is 9.59 Å². The second-order valence-corrected chi connectivity index (χ2v) is 11.3. The summed E-state index contributed by atoms with van der Waals surface area (Å²) in [5.74, 6) is 0.843. The zero-order chi connectivity index (χ0) is 27.0. The van der Waals surface area contributed by atoms with Crippen LogP contribution >= 0.6 is 0 Å². The van der Waals surface area contributed by atoms with Crippen molar-refractivity contribution < 1.29 is 9.59 Å². The quantitative estimate of drug-likeness (QED) is 0.462. The fourth-order valence-electron chi connectivity index (χ4n) is 5.98. The van der Waals surface area contributed by atoms with Gasteiger partial charge in [0.05, 0.1) is 5.92 Å². The number of nitrogens with one attached hydrogen (secondary N) is 3. The first-order valence-electron chi connectivity index (χ1n) is 13.9. The van der Waals surface area contributed by atoms with Gasteiger partial charge in [0.25, 0.3) is 5.91 Å². The maximum atomic E-state index is 13.7. The van der Waals surface area contributed by atoms with Crippen LogP contribution < -0.4 is 20.9 Å². The van der Waals surface area contributed by atoms with Gasteiger partial charge in [0.1, 0.15) is 5.82 Å². The number of hydrogen-bond acceptors (Lipinski definition) is 5. The first kappa shape index (κ1) is 26.2. The molecule has 3 unspecified atom stereocenters. The molecule has 2 aliphatic heterocycles. The Labute approximate surface area is 225 Å². The molecule has 2 fully saturated rings. The molecule has 5 rings (SSSR count). The van der Waals surface area contributed by atoms with E-state index in [1.807, 2.05) is 19.2 Å². The molecule has 2 aliphatic rings. The number of nitrogens with zero attached hydrogens (tertiary/aromatic N) is 3. The summed E-state index contributed by atoms with van der Waals surface area (Å²) in [6.45, 7) is 14.6. The van der Waals surface area contributed by atoms with Crippen LogP contribution in [0.4, 0.5) is 5.82 Å². The molecule has 3 atom stereocenters. The standard InChI is InChI=1S/C30H40N6O2/c1-18(2)36-17-20(4)28-24(29(37)33-16-25-19(3)12-21(5)34-30(25)38)13-23(14-26(28)36)22-6-7-27(32-15-22)35-10-8-31-9-11-35/h6-7,13-15,17-19,21,25,31H,8-12,16H2,1-5H3,(H,33,37)(H,34,38). The summed E-state index contributed by atoms with van der Waals surface area (Å²) in [7, 11) is 0. The largest absolute Gasteiger partial charge is 0.354 e. The summed E-state index contributed by atoms with van der Waals surface area (Å²) >= 11 is 0. The van der Waals surface area contributed by atoms with Gasteiger partial charge in [-0.05, 0) is 75.4 Å². The number of rotatable bonds is 6. The number of piperidine rings is 1. The van der Waals surface area contributed by atoms with E-state index >= 15 is 0 Å². The van der Waals surface area contributed by atoms with E-state index < -0.39 is 0 Å². The third kappa shape index (κ3) is 5.14.